The van der Waals surface area contributed by atoms with Gasteiger partial charge in [-0.1, -0.05) is 19.1 Å². The first-order valence-corrected chi connectivity index (χ1v) is 8.79. The van der Waals surface area contributed by atoms with Gasteiger partial charge in [0.1, 0.15) is 24.1 Å². The smallest absolute Gasteiger partial charge is 0.248 e. The van der Waals surface area contributed by atoms with E-state index in [-0.39, 0.29) is 30.7 Å². The van der Waals surface area contributed by atoms with Crippen LogP contribution in [-0.2, 0) is 9.59 Å². The van der Waals surface area contributed by atoms with Gasteiger partial charge in [-0.15, -0.1) is 5.10 Å². The highest BCUT2D eigenvalue weighted by atomic mass is 16.3. The van der Waals surface area contributed by atoms with E-state index < -0.39 is 18.2 Å². The molecule has 0 radical (unpaired) electrons. The van der Waals surface area contributed by atoms with E-state index in [0.717, 1.165) is 0 Å². The summed E-state index contributed by atoms with van der Waals surface area (Å²) in [4.78, 5) is 34.7. The van der Waals surface area contributed by atoms with Gasteiger partial charge in [-0.05, 0) is 5.92 Å². The van der Waals surface area contributed by atoms with Crippen molar-refractivity contribution < 1.29 is 14.7 Å². The van der Waals surface area contributed by atoms with Gasteiger partial charge < -0.3 is 15.3 Å². The molecule has 144 valence electrons. The quantitative estimate of drug-likeness (QED) is 0.733. The van der Waals surface area contributed by atoms with Crippen molar-refractivity contribution in [2.45, 2.75) is 38.5 Å². The number of β-amino-alcohol motifs (C(OH)–C–C–N with tert-alkyl or cyclic N) is 1. The number of nitrogens with zero attached hydrogens (tertiary/aromatic N) is 6. The van der Waals surface area contributed by atoms with E-state index in [1.54, 1.807) is 18.6 Å². The van der Waals surface area contributed by atoms with Crippen molar-refractivity contribution in [3.63, 3.8) is 0 Å². The molecule has 0 spiro atoms. The second kappa shape index (κ2) is 7.78. The zero-order valence-electron chi connectivity index (χ0n) is 15.5. The molecule has 10 nitrogen and oxygen atoms in total. The monoisotopic (exact) mass is 373 g/mol. The number of likely N-dealkylation sites (N-methyl/N-ethyl adjacent to an activating group) is 1. The Morgan fingerprint density at radius 3 is 2.63 bits per heavy atom. The molecule has 10 heteroatoms. The number of amides is 2. The van der Waals surface area contributed by atoms with Gasteiger partial charge in [-0.2, -0.15) is 0 Å². The number of hydrogen-bond acceptors (Lipinski definition) is 7. The fourth-order valence-electron chi connectivity index (χ4n) is 3.32. The number of nitrogens with one attached hydrogen (secondary N) is 1. The van der Waals surface area contributed by atoms with Gasteiger partial charge in [0.2, 0.25) is 11.8 Å². The summed E-state index contributed by atoms with van der Waals surface area (Å²) in [7, 11) is 1.52. The van der Waals surface area contributed by atoms with Gasteiger partial charge in [0.15, 0.2) is 0 Å². The normalized spacial score (nSPS) is 20.7. The third-order valence-corrected chi connectivity index (χ3v) is 4.65. The van der Waals surface area contributed by atoms with Crippen molar-refractivity contribution in [3.05, 3.63) is 24.9 Å². The highest BCUT2D eigenvalue weighted by Crippen LogP contribution is 2.27. The lowest BCUT2D eigenvalue weighted by Gasteiger charge is -2.29. The number of carbonyl (C=O) groups excluding carboxylic acids is 2. The summed E-state index contributed by atoms with van der Waals surface area (Å²) in [6.45, 7) is 3.92. The van der Waals surface area contributed by atoms with E-state index in [9.17, 15) is 14.7 Å². The van der Waals surface area contributed by atoms with Gasteiger partial charge in [0, 0.05) is 38.0 Å². The zero-order chi connectivity index (χ0) is 19.6. The van der Waals surface area contributed by atoms with E-state index in [1.165, 1.54) is 23.0 Å². The van der Waals surface area contributed by atoms with Crippen LogP contribution in [0.2, 0.25) is 0 Å². The molecule has 3 heterocycles. The van der Waals surface area contributed by atoms with Crippen LogP contribution in [0.3, 0.4) is 0 Å². The number of hydrogen-bond donors (Lipinski definition) is 2. The summed E-state index contributed by atoms with van der Waals surface area (Å²) < 4.78 is 1.50. The van der Waals surface area contributed by atoms with E-state index in [0.29, 0.717) is 11.3 Å². The van der Waals surface area contributed by atoms with Crippen LogP contribution in [0.1, 0.15) is 26.3 Å². The molecule has 3 atom stereocenters. The standard InChI is InChI=1S/C17H23N7O3/c1-10(2)15(17(27)23-7-12(25)4-14(23)16(26)18-3)24-8-13(21-22-24)11-5-19-9-20-6-11/h5-6,8-10,12,14-15,25H,4,7H2,1-3H3,(H,18,26). The molecule has 0 aliphatic carbocycles. The molecule has 2 aromatic heterocycles. The number of likely N-dealkylation sites (tertiary alicyclic amines) is 1. The molecule has 3 rings (SSSR count). The second-order valence-electron chi connectivity index (χ2n) is 6.91. The van der Waals surface area contributed by atoms with E-state index in [1.807, 2.05) is 13.8 Å². The Kier molecular flexibility index (Phi) is 5.45. The topological polar surface area (TPSA) is 126 Å². The predicted molar refractivity (Wildman–Crippen MR) is 95.1 cm³/mol. The highest BCUT2D eigenvalue weighted by molar-refractivity contribution is 5.90. The van der Waals surface area contributed by atoms with Gasteiger partial charge >= 0.3 is 0 Å². The Hall–Kier alpha value is -2.88. The first-order valence-electron chi connectivity index (χ1n) is 8.79. The van der Waals surface area contributed by atoms with Crippen molar-refractivity contribution in [1.29, 1.82) is 0 Å². The molecule has 1 aliphatic rings. The molecule has 2 aromatic rings. The van der Waals surface area contributed by atoms with Crippen molar-refractivity contribution in [3.8, 4) is 11.3 Å². The number of rotatable bonds is 5. The summed E-state index contributed by atoms with van der Waals surface area (Å²) >= 11 is 0. The van der Waals surface area contributed by atoms with E-state index in [4.69, 9.17) is 0 Å². The lowest BCUT2D eigenvalue weighted by atomic mass is 10.0. The lowest BCUT2D eigenvalue weighted by molar-refractivity contribution is -0.142. The Balaban J connectivity index is 1.88. The Labute approximate surface area is 156 Å². The van der Waals surface area contributed by atoms with E-state index in [2.05, 4.69) is 25.6 Å². The average Bonchev–Trinajstić information content (AvgIpc) is 3.28. The van der Waals surface area contributed by atoms with Crippen LogP contribution in [0, 0.1) is 5.92 Å². The maximum Gasteiger partial charge on any atom is 0.248 e. The Bertz CT molecular complexity index is 808. The minimum absolute atomic E-state index is 0.0952. The van der Waals surface area contributed by atoms with Crippen molar-refractivity contribution in [2.24, 2.45) is 5.92 Å². The molecule has 0 saturated carbocycles. The summed E-state index contributed by atoms with van der Waals surface area (Å²) in [6.07, 6.45) is 5.82. The second-order valence-corrected chi connectivity index (χ2v) is 6.91. The molecule has 1 fully saturated rings. The fourth-order valence-corrected chi connectivity index (χ4v) is 3.32. The lowest BCUT2D eigenvalue weighted by Crippen LogP contribution is -2.48. The van der Waals surface area contributed by atoms with Gasteiger partial charge in [-0.3, -0.25) is 9.59 Å². The first-order chi connectivity index (χ1) is 12.9. The molecule has 27 heavy (non-hydrogen) atoms. The number of aromatic nitrogens is 5. The van der Waals surface area contributed by atoms with Crippen LogP contribution in [0.4, 0.5) is 0 Å². The third-order valence-electron chi connectivity index (χ3n) is 4.65. The maximum atomic E-state index is 13.2. The predicted octanol–water partition coefficient (Wildman–Crippen LogP) is -0.360. The van der Waals surface area contributed by atoms with Crippen LogP contribution in [-0.4, -0.2) is 72.5 Å². The zero-order valence-corrected chi connectivity index (χ0v) is 15.5. The number of carbonyl (C=O) groups is 2. The minimum atomic E-state index is -0.725. The summed E-state index contributed by atoms with van der Waals surface area (Å²) in [5.41, 5.74) is 1.25. The Morgan fingerprint density at radius 2 is 2.00 bits per heavy atom. The van der Waals surface area contributed by atoms with Gasteiger partial charge in [0.05, 0.1) is 12.3 Å². The first kappa shape index (κ1) is 18.9. The van der Waals surface area contributed by atoms with Gasteiger partial charge in [-0.25, -0.2) is 14.6 Å². The molecular formula is C17H23N7O3. The summed E-state index contributed by atoms with van der Waals surface area (Å²) in [5, 5.41) is 20.8. The SMILES string of the molecule is CNC(=O)C1CC(O)CN1C(=O)C(C(C)C)n1cc(-c2cncnc2)nn1. The molecule has 2 N–H and O–H groups in total. The molecule has 1 aliphatic heterocycles. The van der Waals surface area contributed by atoms with Crippen LogP contribution in [0.5, 0.6) is 0 Å². The maximum absolute atomic E-state index is 13.2. The Morgan fingerprint density at radius 1 is 1.30 bits per heavy atom. The van der Waals surface area contributed by atoms with Crippen LogP contribution < -0.4 is 5.32 Å². The van der Waals surface area contributed by atoms with Gasteiger partial charge in [0.25, 0.3) is 0 Å². The molecule has 0 bridgehead atoms. The molecular weight excluding hydrogens is 350 g/mol. The molecule has 3 unspecified atom stereocenters. The summed E-state index contributed by atoms with van der Waals surface area (Å²) in [6, 6.07) is -1.34. The molecule has 0 aromatic carbocycles. The average molecular weight is 373 g/mol. The van der Waals surface area contributed by atoms with Crippen molar-refractivity contribution in [1.82, 2.24) is 35.2 Å². The third kappa shape index (κ3) is 3.80. The largest absolute Gasteiger partial charge is 0.391 e. The molecule has 1 saturated heterocycles. The van der Waals surface area contributed by atoms with Crippen LogP contribution in [0.25, 0.3) is 11.3 Å². The van der Waals surface area contributed by atoms with E-state index >= 15 is 0 Å². The van der Waals surface area contributed by atoms with Crippen LogP contribution >= 0.6 is 0 Å². The number of aliphatic hydroxyl groups excluding tert-OH is 1. The summed E-state index contributed by atoms with van der Waals surface area (Å²) in [5.74, 6) is -0.652. The molecule has 2 amide bonds. The fraction of sp³-hybridized carbons (Fsp3) is 0.529. The van der Waals surface area contributed by atoms with Crippen molar-refractivity contribution >= 4 is 11.8 Å². The van der Waals surface area contributed by atoms with Crippen LogP contribution in [0.15, 0.2) is 24.9 Å². The van der Waals surface area contributed by atoms with Crippen molar-refractivity contribution in [2.75, 3.05) is 13.6 Å². The highest BCUT2D eigenvalue weighted by Gasteiger charge is 2.42. The number of aliphatic hydroxyl groups is 1. The minimum Gasteiger partial charge on any atom is -0.391 e.